The molecule has 0 bridgehead atoms. The summed E-state index contributed by atoms with van der Waals surface area (Å²) >= 11 is 12.3. The van der Waals surface area contributed by atoms with Crippen LogP contribution in [0.4, 0.5) is 0 Å². The maximum atomic E-state index is 5.64. The summed E-state index contributed by atoms with van der Waals surface area (Å²) in [5.41, 5.74) is 0.882. The van der Waals surface area contributed by atoms with E-state index >= 15 is 0 Å². The summed E-state index contributed by atoms with van der Waals surface area (Å²) < 4.78 is 0.0821. The van der Waals surface area contributed by atoms with Crippen molar-refractivity contribution in [1.82, 2.24) is 4.98 Å². The summed E-state index contributed by atoms with van der Waals surface area (Å²) in [6.07, 6.45) is 0. The lowest BCUT2D eigenvalue weighted by Crippen LogP contribution is -1.85. The Bertz CT molecular complexity index is 227. The van der Waals surface area contributed by atoms with Crippen LogP contribution < -0.4 is 0 Å². The Morgan fingerprint density at radius 2 is 2.10 bits per heavy atom. The van der Waals surface area contributed by atoms with Crippen LogP contribution >= 0.6 is 43.5 Å². The fraction of sp³-hybridized carbons (Fsp3) is 0.167. The molecule has 54 valence electrons. The minimum atomic E-state index is 0.0821. The molecule has 1 heterocycles. The quantitative estimate of drug-likeness (QED) is 0.568. The van der Waals surface area contributed by atoms with E-state index in [9.17, 15) is 0 Å². The van der Waals surface area contributed by atoms with Gasteiger partial charge in [0.15, 0.2) is 0 Å². The molecular formula is C6H4Br2ClN. The van der Waals surface area contributed by atoms with Crippen molar-refractivity contribution in [3.8, 4) is 0 Å². The molecule has 0 aliphatic heterocycles. The van der Waals surface area contributed by atoms with Gasteiger partial charge in [-0.15, -0.1) is 0 Å². The third kappa shape index (κ3) is 2.22. The topological polar surface area (TPSA) is 12.9 Å². The number of hydrogen-bond donors (Lipinski definition) is 0. The lowest BCUT2D eigenvalue weighted by molar-refractivity contribution is 1.18. The van der Waals surface area contributed by atoms with Gasteiger partial charge in [0, 0.05) is 0 Å². The Morgan fingerprint density at radius 3 is 2.50 bits per heavy atom. The summed E-state index contributed by atoms with van der Waals surface area (Å²) in [6, 6.07) is 5.49. The van der Waals surface area contributed by atoms with Gasteiger partial charge >= 0.3 is 0 Å². The molecule has 0 unspecified atom stereocenters. The molecule has 10 heavy (non-hydrogen) atoms. The molecule has 1 rings (SSSR count). The minimum absolute atomic E-state index is 0.0821. The largest absolute Gasteiger partial charge is 0.239 e. The third-order valence-electron chi connectivity index (χ3n) is 0.960. The average molecular weight is 285 g/mol. The van der Waals surface area contributed by atoms with Crippen LogP contribution in [0.3, 0.4) is 0 Å². The normalized spacial score (nSPS) is 10.4. The minimum Gasteiger partial charge on any atom is -0.239 e. The first-order chi connectivity index (χ1) is 4.70. The summed E-state index contributed by atoms with van der Waals surface area (Å²) in [7, 11) is 0. The molecule has 0 atom stereocenters. The van der Waals surface area contributed by atoms with Gasteiger partial charge in [0.1, 0.15) is 8.89 Å². The van der Waals surface area contributed by atoms with Crippen molar-refractivity contribution in [2.24, 2.45) is 0 Å². The van der Waals surface area contributed by atoms with Gasteiger partial charge in [0.25, 0.3) is 0 Å². The Hall–Kier alpha value is 0.400. The van der Waals surface area contributed by atoms with Crippen molar-refractivity contribution in [3.63, 3.8) is 0 Å². The lowest BCUT2D eigenvalue weighted by atomic mass is 10.4. The van der Waals surface area contributed by atoms with E-state index in [-0.39, 0.29) is 3.74 Å². The zero-order valence-corrected chi connectivity index (χ0v) is 8.82. The van der Waals surface area contributed by atoms with Crippen molar-refractivity contribution < 1.29 is 0 Å². The second-order valence-electron chi connectivity index (χ2n) is 1.69. The molecule has 4 heteroatoms. The van der Waals surface area contributed by atoms with E-state index in [1.165, 1.54) is 0 Å². The van der Waals surface area contributed by atoms with Crippen LogP contribution in [0, 0.1) is 0 Å². The zero-order chi connectivity index (χ0) is 7.56. The van der Waals surface area contributed by atoms with Crippen molar-refractivity contribution >= 4 is 43.5 Å². The molecule has 0 saturated heterocycles. The molecule has 0 aliphatic carbocycles. The Morgan fingerprint density at radius 1 is 1.40 bits per heavy atom. The molecule has 0 spiro atoms. The number of halogens is 3. The van der Waals surface area contributed by atoms with Crippen LogP contribution in [0.2, 0.25) is 5.15 Å². The van der Waals surface area contributed by atoms with E-state index in [1.807, 2.05) is 12.1 Å². The second kappa shape index (κ2) is 3.69. The predicted octanol–water partition coefficient (Wildman–Crippen LogP) is 3.52. The Kier molecular flexibility index (Phi) is 3.14. The monoisotopic (exact) mass is 283 g/mol. The molecule has 1 aromatic heterocycles. The van der Waals surface area contributed by atoms with Gasteiger partial charge in [-0.05, 0) is 12.1 Å². The number of rotatable bonds is 1. The highest BCUT2D eigenvalue weighted by Gasteiger charge is 2.02. The first-order valence-corrected chi connectivity index (χ1v) is 4.81. The summed E-state index contributed by atoms with van der Waals surface area (Å²) in [5.74, 6) is 0. The zero-order valence-electron chi connectivity index (χ0n) is 4.89. The maximum Gasteiger partial charge on any atom is 0.129 e. The molecule has 0 aromatic carbocycles. The number of alkyl halides is 2. The van der Waals surface area contributed by atoms with E-state index in [0.717, 1.165) is 5.69 Å². The van der Waals surface area contributed by atoms with Gasteiger partial charge in [-0.1, -0.05) is 49.5 Å². The summed E-state index contributed by atoms with van der Waals surface area (Å²) in [4.78, 5) is 4.04. The smallest absolute Gasteiger partial charge is 0.129 e. The molecular weight excluding hydrogens is 281 g/mol. The van der Waals surface area contributed by atoms with Crippen LogP contribution in [0.25, 0.3) is 0 Å². The van der Waals surface area contributed by atoms with E-state index in [4.69, 9.17) is 11.6 Å². The SMILES string of the molecule is Clc1cccc(C(Br)Br)n1. The van der Waals surface area contributed by atoms with Crippen molar-refractivity contribution in [2.75, 3.05) is 0 Å². The van der Waals surface area contributed by atoms with Crippen molar-refractivity contribution in [1.29, 1.82) is 0 Å². The van der Waals surface area contributed by atoms with Gasteiger partial charge in [0.05, 0.1) is 5.69 Å². The van der Waals surface area contributed by atoms with Crippen LogP contribution in [0.5, 0.6) is 0 Å². The molecule has 0 radical (unpaired) electrons. The Balaban J connectivity index is 2.96. The number of hydrogen-bond acceptors (Lipinski definition) is 1. The van der Waals surface area contributed by atoms with Gasteiger partial charge in [-0.2, -0.15) is 0 Å². The molecule has 0 saturated carbocycles. The highest BCUT2D eigenvalue weighted by molar-refractivity contribution is 9.24. The van der Waals surface area contributed by atoms with Crippen LogP contribution in [0.1, 0.15) is 9.43 Å². The molecule has 0 N–H and O–H groups in total. The van der Waals surface area contributed by atoms with Crippen LogP contribution in [-0.4, -0.2) is 4.98 Å². The van der Waals surface area contributed by atoms with E-state index < -0.39 is 0 Å². The summed E-state index contributed by atoms with van der Waals surface area (Å²) in [6.45, 7) is 0. The van der Waals surface area contributed by atoms with E-state index in [0.29, 0.717) is 5.15 Å². The van der Waals surface area contributed by atoms with E-state index in [2.05, 4.69) is 36.8 Å². The van der Waals surface area contributed by atoms with Crippen molar-refractivity contribution in [3.05, 3.63) is 29.0 Å². The van der Waals surface area contributed by atoms with E-state index in [1.54, 1.807) is 6.07 Å². The number of pyridine rings is 1. The van der Waals surface area contributed by atoms with Crippen LogP contribution in [0.15, 0.2) is 18.2 Å². The average Bonchev–Trinajstić information content (AvgIpc) is 1.88. The van der Waals surface area contributed by atoms with Gasteiger partial charge < -0.3 is 0 Å². The molecule has 0 aliphatic rings. The molecule has 0 fully saturated rings. The predicted molar refractivity (Wildman–Crippen MR) is 49.8 cm³/mol. The standard InChI is InChI=1S/C6H4Br2ClN/c7-6(8)4-2-1-3-5(9)10-4/h1-3,6H. The Labute approximate surface area is 81.1 Å². The van der Waals surface area contributed by atoms with Gasteiger partial charge in [-0.25, -0.2) is 4.98 Å². The second-order valence-corrected chi connectivity index (χ2v) is 5.13. The molecule has 0 amide bonds. The fourth-order valence-electron chi connectivity index (χ4n) is 0.546. The molecule has 1 nitrogen and oxygen atoms in total. The third-order valence-corrected chi connectivity index (χ3v) is 2.11. The van der Waals surface area contributed by atoms with Crippen molar-refractivity contribution in [2.45, 2.75) is 3.74 Å². The number of aromatic nitrogens is 1. The lowest BCUT2D eigenvalue weighted by Gasteiger charge is -1.99. The maximum absolute atomic E-state index is 5.64. The fourth-order valence-corrected chi connectivity index (χ4v) is 1.23. The highest BCUT2D eigenvalue weighted by Crippen LogP contribution is 2.27. The first kappa shape index (κ1) is 8.50. The number of nitrogens with zero attached hydrogens (tertiary/aromatic N) is 1. The molecule has 1 aromatic rings. The first-order valence-electron chi connectivity index (χ1n) is 2.61. The van der Waals surface area contributed by atoms with Gasteiger partial charge in [-0.3, -0.25) is 0 Å². The van der Waals surface area contributed by atoms with Gasteiger partial charge in [0.2, 0.25) is 0 Å². The van der Waals surface area contributed by atoms with Crippen LogP contribution in [-0.2, 0) is 0 Å². The highest BCUT2D eigenvalue weighted by atomic mass is 79.9. The summed E-state index contributed by atoms with van der Waals surface area (Å²) in [5, 5.41) is 0.515.